The Labute approximate surface area is 105 Å². The Morgan fingerprint density at radius 3 is 2.82 bits per heavy atom. The molecule has 1 unspecified atom stereocenters. The highest BCUT2D eigenvalue weighted by Gasteiger charge is 2.18. The highest BCUT2D eigenvalue weighted by Crippen LogP contribution is 2.20. The fourth-order valence-electron chi connectivity index (χ4n) is 2.27. The molecule has 1 fully saturated rings. The molecule has 0 amide bonds. The third kappa shape index (κ3) is 4.90. The van der Waals surface area contributed by atoms with E-state index in [0.29, 0.717) is 18.1 Å². The minimum absolute atomic E-state index is 0.207. The molecule has 0 aliphatic carbocycles. The van der Waals surface area contributed by atoms with E-state index in [1.807, 2.05) is 0 Å². The number of carbonyl (C=O) groups is 1. The summed E-state index contributed by atoms with van der Waals surface area (Å²) in [6.07, 6.45) is 4.20. The summed E-state index contributed by atoms with van der Waals surface area (Å²) in [5.74, 6) is 0.356. The monoisotopic (exact) mass is 239 g/mol. The zero-order chi connectivity index (χ0) is 12.7. The van der Waals surface area contributed by atoms with Crippen LogP contribution in [0, 0.1) is 5.92 Å². The number of carbonyl (C=O) groups excluding carboxylic acids is 1. The maximum atomic E-state index is 11.6. The first-order valence-electron chi connectivity index (χ1n) is 6.74. The van der Waals surface area contributed by atoms with Crippen molar-refractivity contribution in [2.75, 3.05) is 26.2 Å². The first kappa shape index (κ1) is 14.2. The summed E-state index contributed by atoms with van der Waals surface area (Å²) in [4.78, 5) is 14.0. The van der Waals surface area contributed by atoms with Crippen molar-refractivity contribution in [3.8, 4) is 0 Å². The molecule has 0 saturated carbocycles. The summed E-state index contributed by atoms with van der Waals surface area (Å²) in [5, 5.41) is 0. The van der Waals surface area contributed by atoms with Crippen LogP contribution in [-0.4, -0.2) is 37.1 Å². The third-order valence-electron chi connectivity index (χ3n) is 3.44. The molecule has 3 heteroatoms. The van der Waals surface area contributed by atoms with Gasteiger partial charge in [-0.2, -0.15) is 0 Å². The van der Waals surface area contributed by atoms with Crippen LogP contribution in [-0.2, 0) is 9.53 Å². The molecule has 98 valence electrons. The van der Waals surface area contributed by atoms with E-state index in [0.717, 1.165) is 45.3 Å². The van der Waals surface area contributed by atoms with Gasteiger partial charge in [-0.1, -0.05) is 26.8 Å². The Hall–Kier alpha value is -0.830. The van der Waals surface area contributed by atoms with Gasteiger partial charge >= 0.3 is 5.97 Å². The molecule has 0 N–H and O–H groups in total. The Balaban J connectivity index is 2.58. The van der Waals surface area contributed by atoms with Crippen molar-refractivity contribution in [2.45, 2.75) is 39.5 Å². The van der Waals surface area contributed by atoms with Gasteiger partial charge < -0.3 is 4.74 Å². The molecule has 1 rings (SSSR count). The highest BCUT2D eigenvalue weighted by molar-refractivity contribution is 5.87. The van der Waals surface area contributed by atoms with Crippen molar-refractivity contribution in [2.24, 2.45) is 5.92 Å². The van der Waals surface area contributed by atoms with Crippen LogP contribution in [0.1, 0.15) is 39.5 Å². The van der Waals surface area contributed by atoms with Gasteiger partial charge in [0.2, 0.25) is 0 Å². The van der Waals surface area contributed by atoms with Gasteiger partial charge in [-0.15, -0.1) is 0 Å². The van der Waals surface area contributed by atoms with Gasteiger partial charge in [0, 0.05) is 12.1 Å². The van der Waals surface area contributed by atoms with Gasteiger partial charge in [0.25, 0.3) is 0 Å². The molecule has 0 aromatic heterocycles. The second kappa shape index (κ2) is 7.49. The van der Waals surface area contributed by atoms with E-state index in [9.17, 15) is 4.79 Å². The number of ether oxygens (including phenoxy) is 1. The number of esters is 1. The maximum absolute atomic E-state index is 11.6. The summed E-state index contributed by atoms with van der Waals surface area (Å²) in [7, 11) is 0. The molecule has 1 aliphatic rings. The van der Waals surface area contributed by atoms with Crippen LogP contribution in [0.25, 0.3) is 0 Å². The van der Waals surface area contributed by atoms with Crippen molar-refractivity contribution < 1.29 is 9.53 Å². The molecule has 0 bridgehead atoms. The van der Waals surface area contributed by atoms with Gasteiger partial charge in [0.15, 0.2) is 0 Å². The topological polar surface area (TPSA) is 29.5 Å². The number of hydrogen-bond donors (Lipinski definition) is 0. The molecule has 1 saturated heterocycles. The minimum Gasteiger partial charge on any atom is -0.461 e. The van der Waals surface area contributed by atoms with E-state index in [2.05, 4.69) is 25.3 Å². The van der Waals surface area contributed by atoms with Crippen LogP contribution in [0.4, 0.5) is 0 Å². The predicted molar refractivity (Wildman–Crippen MR) is 69.8 cm³/mol. The van der Waals surface area contributed by atoms with Crippen molar-refractivity contribution >= 4 is 5.97 Å². The maximum Gasteiger partial charge on any atom is 0.333 e. The smallest absolute Gasteiger partial charge is 0.333 e. The Kier molecular flexibility index (Phi) is 6.27. The molecular weight excluding hydrogens is 214 g/mol. The van der Waals surface area contributed by atoms with Crippen LogP contribution in [0.2, 0.25) is 0 Å². The van der Waals surface area contributed by atoms with Gasteiger partial charge in [0.05, 0.1) is 0 Å². The fraction of sp³-hybridized carbons (Fsp3) is 0.786. The number of rotatable bonds is 3. The molecular formula is C14H25NO2. The van der Waals surface area contributed by atoms with E-state index in [1.165, 1.54) is 0 Å². The van der Waals surface area contributed by atoms with Gasteiger partial charge in [-0.25, -0.2) is 4.79 Å². The van der Waals surface area contributed by atoms with Crippen molar-refractivity contribution in [3.05, 3.63) is 12.2 Å². The minimum atomic E-state index is -0.207. The Bertz CT molecular complexity index is 263. The zero-order valence-electron chi connectivity index (χ0n) is 11.2. The standard InChI is InChI=1S/C14H25NO2/c1-4-7-15-8-6-13(5-2)11-12(3)14(16)17-10-9-15/h13H,3-11H2,1-2H3. The summed E-state index contributed by atoms with van der Waals surface area (Å²) < 4.78 is 5.22. The highest BCUT2D eigenvalue weighted by atomic mass is 16.5. The van der Waals surface area contributed by atoms with Crippen LogP contribution in [0.15, 0.2) is 12.2 Å². The first-order chi connectivity index (χ1) is 8.17. The Morgan fingerprint density at radius 1 is 1.41 bits per heavy atom. The molecule has 1 atom stereocenters. The largest absolute Gasteiger partial charge is 0.461 e. The average Bonchev–Trinajstić information content (AvgIpc) is 2.32. The molecule has 0 radical (unpaired) electrons. The summed E-state index contributed by atoms with van der Waals surface area (Å²) >= 11 is 0. The average molecular weight is 239 g/mol. The summed E-state index contributed by atoms with van der Waals surface area (Å²) in [6.45, 7) is 11.7. The van der Waals surface area contributed by atoms with Gasteiger partial charge in [-0.05, 0) is 38.3 Å². The molecule has 17 heavy (non-hydrogen) atoms. The normalized spacial score (nSPS) is 24.5. The zero-order valence-corrected chi connectivity index (χ0v) is 11.2. The van der Waals surface area contributed by atoms with E-state index in [-0.39, 0.29) is 5.97 Å². The SMILES string of the molecule is C=C1CC(CC)CCN(CCC)CCOC1=O. The lowest BCUT2D eigenvalue weighted by Gasteiger charge is -2.26. The van der Waals surface area contributed by atoms with Crippen molar-refractivity contribution in [1.29, 1.82) is 0 Å². The van der Waals surface area contributed by atoms with Gasteiger partial charge in [-0.3, -0.25) is 4.90 Å². The van der Waals surface area contributed by atoms with E-state index in [4.69, 9.17) is 4.74 Å². The summed E-state index contributed by atoms with van der Waals surface area (Å²) in [5.41, 5.74) is 0.640. The lowest BCUT2D eigenvalue weighted by molar-refractivity contribution is -0.140. The van der Waals surface area contributed by atoms with Crippen LogP contribution in [0.5, 0.6) is 0 Å². The number of hydrogen-bond acceptors (Lipinski definition) is 3. The molecule has 3 nitrogen and oxygen atoms in total. The molecule has 1 heterocycles. The molecule has 1 aliphatic heterocycles. The second-order valence-corrected chi connectivity index (χ2v) is 4.85. The number of nitrogens with zero attached hydrogens (tertiary/aromatic N) is 1. The van der Waals surface area contributed by atoms with E-state index in [1.54, 1.807) is 0 Å². The third-order valence-corrected chi connectivity index (χ3v) is 3.44. The molecule has 0 aromatic rings. The molecule has 0 aromatic carbocycles. The number of cyclic esters (lactones) is 1. The van der Waals surface area contributed by atoms with E-state index >= 15 is 0 Å². The Morgan fingerprint density at radius 2 is 2.18 bits per heavy atom. The molecule has 0 spiro atoms. The fourth-order valence-corrected chi connectivity index (χ4v) is 2.27. The van der Waals surface area contributed by atoms with Crippen LogP contribution < -0.4 is 0 Å². The lowest BCUT2D eigenvalue weighted by Crippen LogP contribution is -2.32. The van der Waals surface area contributed by atoms with Crippen molar-refractivity contribution in [3.63, 3.8) is 0 Å². The second-order valence-electron chi connectivity index (χ2n) is 4.85. The van der Waals surface area contributed by atoms with Crippen LogP contribution in [0.3, 0.4) is 0 Å². The lowest BCUT2D eigenvalue weighted by atomic mass is 9.94. The van der Waals surface area contributed by atoms with Crippen molar-refractivity contribution in [1.82, 2.24) is 4.90 Å². The quantitative estimate of drug-likeness (QED) is 0.560. The van der Waals surface area contributed by atoms with E-state index < -0.39 is 0 Å². The predicted octanol–water partition coefficient (Wildman–Crippen LogP) is 2.62. The van der Waals surface area contributed by atoms with Gasteiger partial charge in [0.1, 0.15) is 6.61 Å². The van der Waals surface area contributed by atoms with Crippen LogP contribution >= 0.6 is 0 Å². The first-order valence-corrected chi connectivity index (χ1v) is 6.74. The summed E-state index contributed by atoms with van der Waals surface area (Å²) in [6, 6.07) is 0.